The molecule has 1 aromatic rings. The number of aliphatic hydroxyl groups excluding tert-OH is 1. The monoisotopic (exact) mass is 252 g/mol. The van der Waals surface area contributed by atoms with Crippen molar-refractivity contribution in [3.63, 3.8) is 0 Å². The summed E-state index contributed by atoms with van der Waals surface area (Å²) in [7, 11) is 1.53. The minimum Gasteiger partial charge on any atom is -0.391 e. The lowest BCUT2D eigenvalue weighted by molar-refractivity contribution is 0.0587. The van der Waals surface area contributed by atoms with E-state index in [2.05, 4.69) is 5.32 Å². The van der Waals surface area contributed by atoms with Gasteiger partial charge in [-0.1, -0.05) is 12.1 Å². The number of ether oxygens (including phenoxy) is 1. The normalized spacial score (nSPS) is 12.2. The van der Waals surface area contributed by atoms with Crippen molar-refractivity contribution < 1.29 is 14.6 Å². The molecule has 1 rings (SSSR count). The van der Waals surface area contributed by atoms with Gasteiger partial charge in [0.15, 0.2) is 0 Å². The van der Waals surface area contributed by atoms with Crippen LogP contribution in [-0.4, -0.2) is 37.4 Å². The molecule has 0 bridgehead atoms. The van der Waals surface area contributed by atoms with Crippen LogP contribution in [0.2, 0.25) is 0 Å². The first-order valence-electron chi connectivity index (χ1n) is 5.91. The molecule has 0 fully saturated rings. The Bertz CT molecular complexity index is 365. The molecule has 100 valence electrons. The van der Waals surface area contributed by atoms with Crippen LogP contribution in [0.3, 0.4) is 0 Å². The number of rotatable bonds is 7. The van der Waals surface area contributed by atoms with E-state index in [0.717, 1.165) is 5.56 Å². The number of carbonyl (C=O) groups excluding carboxylic acids is 1. The Morgan fingerprint density at radius 1 is 1.44 bits per heavy atom. The van der Waals surface area contributed by atoms with Crippen molar-refractivity contribution in [1.82, 2.24) is 5.32 Å². The number of nitrogens with one attached hydrogen (secondary N) is 1. The summed E-state index contributed by atoms with van der Waals surface area (Å²) in [5, 5.41) is 12.2. The molecule has 1 aromatic carbocycles. The van der Waals surface area contributed by atoms with Gasteiger partial charge in [-0.3, -0.25) is 4.79 Å². The zero-order valence-electron chi connectivity index (χ0n) is 10.6. The zero-order valence-corrected chi connectivity index (χ0v) is 10.6. The molecule has 0 aliphatic carbocycles. The van der Waals surface area contributed by atoms with Crippen molar-refractivity contribution in [2.24, 2.45) is 5.73 Å². The summed E-state index contributed by atoms with van der Waals surface area (Å²) >= 11 is 0. The van der Waals surface area contributed by atoms with E-state index >= 15 is 0 Å². The maximum atomic E-state index is 11.7. The number of benzene rings is 1. The van der Waals surface area contributed by atoms with Gasteiger partial charge in [0.05, 0.1) is 12.7 Å². The molecule has 0 saturated carbocycles. The summed E-state index contributed by atoms with van der Waals surface area (Å²) in [6, 6.07) is 7.13. The van der Waals surface area contributed by atoms with Crippen molar-refractivity contribution >= 4 is 5.91 Å². The highest BCUT2D eigenvalue weighted by Crippen LogP contribution is 2.03. The molecule has 5 heteroatoms. The second kappa shape index (κ2) is 7.81. The second-order valence-corrected chi connectivity index (χ2v) is 4.05. The number of carbonyl (C=O) groups is 1. The van der Waals surface area contributed by atoms with Crippen molar-refractivity contribution in [2.75, 3.05) is 20.3 Å². The van der Waals surface area contributed by atoms with Crippen molar-refractivity contribution in [3.05, 3.63) is 35.4 Å². The van der Waals surface area contributed by atoms with Gasteiger partial charge in [0.2, 0.25) is 0 Å². The van der Waals surface area contributed by atoms with Gasteiger partial charge >= 0.3 is 0 Å². The average molecular weight is 252 g/mol. The molecule has 0 aliphatic rings. The van der Waals surface area contributed by atoms with Crippen LogP contribution in [0, 0.1) is 0 Å². The first-order valence-corrected chi connectivity index (χ1v) is 5.91. The number of aliphatic hydroxyl groups is 1. The van der Waals surface area contributed by atoms with Gasteiger partial charge in [0.1, 0.15) is 0 Å². The second-order valence-electron chi connectivity index (χ2n) is 4.05. The van der Waals surface area contributed by atoms with E-state index in [1.807, 2.05) is 12.1 Å². The molecule has 1 atom stereocenters. The van der Waals surface area contributed by atoms with Crippen LogP contribution >= 0.6 is 0 Å². The van der Waals surface area contributed by atoms with Crippen molar-refractivity contribution in [2.45, 2.75) is 19.1 Å². The first-order chi connectivity index (χ1) is 8.67. The Balaban J connectivity index is 2.35. The highest BCUT2D eigenvalue weighted by atomic mass is 16.5. The minimum atomic E-state index is -0.546. The molecular weight excluding hydrogens is 232 g/mol. The summed E-state index contributed by atoms with van der Waals surface area (Å²) in [5.41, 5.74) is 7.06. The number of amides is 1. The molecular formula is C13H20N2O3. The van der Waals surface area contributed by atoms with Crippen molar-refractivity contribution in [3.8, 4) is 0 Å². The van der Waals surface area contributed by atoms with Gasteiger partial charge in [-0.2, -0.15) is 0 Å². The molecule has 4 N–H and O–H groups in total. The van der Waals surface area contributed by atoms with E-state index in [1.165, 1.54) is 7.11 Å². The van der Waals surface area contributed by atoms with Crippen LogP contribution in [-0.2, 0) is 11.3 Å². The Morgan fingerprint density at radius 3 is 2.67 bits per heavy atom. The predicted molar refractivity (Wildman–Crippen MR) is 69.2 cm³/mol. The number of methoxy groups -OCH3 is 1. The molecule has 0 heterocycles. The molecule has 18 heavy (non-hydrogen) atoms. The molecule has 0 aromatic heterocycles. The predicted octanol–water partition coefficient (Wildman–Crippen LogP) is 0.272. The number of nitrogens with two attached hydrogens (primary N) is 1. The maximum Gasteiger partial charge on any atom is 0.251 e. The molecule has 0 radical (unpaired) electrons. The highest BCUT2D eigenvalue weighted by molar-refractivity contribution is 5.94. The van der Waals surface area contributed by atoms with Gasteiger partial charge in [-0.15, -0.1) is 0 Å². The third-order valence-electron chi connectivity index (χ3n) is 2.57. The fraction of sp³-hybridized carbons (Fsp3) is 0.462. The van der Waals surface area contributed by atoms with Gasteiger partial charge in [-0.25, -0.2) is 0 Å². The smallest absolute Gasteiger partial charge is 0.251 e. The lowest BCUT2D eigenvalue weighted by Crippen LogP contribution is -2.28. The van der Waals surface area contributed by atoms with E-state index in [0.29, 0.717) is 25.1 Å². The number of hydrogen-bond acceptors (Lipinski definition) is 4. The van der Waals surface area contributed by atoms with Crippen LogP contribution in [0.4, 0.5) is 0 Å². The summed E-state index contributed by atoms with van der Waals surface area (Å²) < 4.78 is 4.80. The summed E-state index contributed by atoms with van der Waals surface area (Å²) in [4.78, 5) is 11.7. The van der Waals surface area contributed by atoms with Gasteiger partial charge < -0.3 is 20.9 Å². The highest BCUT2D eigenvalue weighted by Gasteiger charge is 2.07. The fourth-order valence-electron chi connectivity index (χ4n) is 1.52. The first kappa shape index (κ1) is 14.6. The fourth-order valence-corrected chi connectivity index (χ4v) is 1.52. The Morgan fingerprint density at radius 2 is 2.11 bits per heavy atom. The average Bonchev–Trinajstić information content (AvgIpc) is 2.39. The van der Waals surface area contributed by atoms with E-state index < -0.39 is 6.10 Å². The SMILES string of the molecule is COCC(O)CCNC(=O)c1ccc(CN)cc1. The summed E-state index contributed by atoms with van der Waals surface area (Å²) in [6.07, 6.45) is -0.0737. The lowest BCUT2D eigenvalue weighted by atomic mass is 10.1. The molecule has 0 saturated heterocycles. The van der Waals surface area contributed by atoms with E-state index in [9.17, 15) is 9.90 Å². The van der Waals surface area contributed by atoms with Gasteiger partial charge in [0, 0.05) is 25.8 Å². The molecule has 0 aliphatic heterocycles. The summed E-state index contributed by atoms with van der Waals surface area (Å²) in [5.74, 6) is -0.150. The third kappa shape index (κ3) is 4.83. The molecule has 1 unspecified atom stereocenters. The van der Waals surface area contributed by atoms with E-state index in [-0.39, 0.29) is 12.5 Å². The summed E-state index contributed by atoms with van der Waals surface area (Å²) in [6.45, 7) is 1.16. The molecule has 1 amide bonds. The third-order valence-corrected chi connectivity index (χ3v) is 2.57. The van der Waals surface area contributed by atoms with Crippen LogP contribution < -0.4 is 11.1 Å². The minimum absolute atomic E-state index is 0.150. The Labute approximate surface area is 107 Å². The number of hydrogen-bond donors (Lipinski definition) is 3. The van der Waals surface area contributed by atoms with Crippen LogP contribution in [0.15, 0.2) is 24.3 Å². The largest absolute Gasteiger partial charge is 0.391 e. The molecule has 5 nitrogen and oxygen atoms in total. The van der Waals surface area contributed by atoms with Crippen LogP contribution in [0.1, 0.15) is 22.3 Å². The van der Waals surface area contributed by atoms with Gasteiger partial charge in [-0.05, 0) is 24.1 Å². The van der Waals surface area contributed by atoms with E-state index in [4.69, 9.17) is 10.5 Å². The topological polar surface area (TPSA) is 84.6 Å². The standard InChI is InChI=1S/C13H20N2O3/c1-18-9-12(16)6-7-15-13(17)11-4-2-10(8-14)3-5-11/h2-5,12,16H,6-9,14H2,1H3,(H,15,17). The van der Waals surface area contributed by atoms with Crippen LogP contribution in [0.5, 0.6) is 0 Å². The van der Waals surface area contributed by atoms with Gasteiger partial charge in [0.25, 0.3) is 5.91 Å². The van der Waals surface area contributed by atoms with Crippen molar-refractivity contribution in [1.29, 1.82) is 0 Å². The quantitative estimate of drug-likeness (QED) is 0.650. The zero-order chi connectivity index (χ0) is 13.4. The van der Waals surface area contributed by atoms with Crippen LogP contribution in [0.25, 0.3) is 0 Å². The molecule has 0 spiro atoms. The Kier molecular flexibility index (Phi) is 6.35. The lowest BCUT2D eigenvalue weighted by Gasteiger charge is -2.10. The van der Waals surface area contributed by atoms with E-state index in [1.54, 1.807) is 12.1 Å². The Hall–Kier alpha value is -1.43. The maximum absolute atomic E-state index is 11.7.